The van der Waals surface area contributed by atoms with Gasteiger partial charge in [-0.15, -0.1) is 35.3 Å². The topological polar surface area (TPSA) is 88.0 Å². The summed E-state index contributed by atoms with van der Waals surface area (Å²) in [6.45, 7) is 8.08. The minimum Gasteiger partial charge on any atom is -0.502 e. The first-order chi connectivity index (χ1) is 13.0. The van der Waals surface area contributed by atoms with Gasteiger partial charge < -0.3 is 25.2 Å². The maximum atomic E-state index is 10.0. The third-order valence-electron chi connectivity index (χ3n) is 3.87. The standard InChI is InChI=1S/C19H28N4O3S.HI/c1-6-20-19(22-10-17-23-14(11-27-17)12(2)3)21-9-13-7-15(25-4)18(24)16(8-13)26-5;/h7-8,11-12,24H,6,9-10H2,1-5H3,(H2,20,21,22);1H. The lowest BCUT2D eigenvalue weighted by molar-refractivity contribution is 0.339. The molecular weight excluding hydrogens is 491 g/mol. The van der Waals surface area contributed by atoms with Gasteiger partial charge >= 0.3 is 0 Å². The van der Waals surface area contributed by atoms with E-state index in [1.807, 2.05) is 6.92 Å². The van der Waals surface area contributed by atoms with Gasteiger partial charge in [-0.05, 0) is 30.5 Å². The zero-order valence-electron chi connectivity index (χ0n) is 16.9. The predicted molar refractivity (Wildman–Crippen MR) is 124 cm³/mol. The van der Waals surface area contributed by atoms with Gasteiger partial charge in [0, 0.05) is 11.9 Å². The number of rotatable bonds is 8. The molecule has 0 radical (unpaired) electrons. The smallest absolute Gasteiger partial charge is 0.200 e. The van der Waals surface area contributed by atoms with Crippen LogP contribution in [0.25, 0.3) is 0 Å². The lowest BCUT2D eigenvalue weighted by Crippen LogP contribution is -2.36. The second-order valence-corrected chi connectivity index (χ2v) is 7.16. The summed E-state index contributed by atoms with van der Waals surface area (Å²) >= 11 is 1.65. The van der Waals surface area contributed by atoms with Crippen molar-refractivity contribution in [2.75, 3.05) is 20.8 Å². The molecule has 0 saturated heterocycles. The van der Waals surface area contributed by atoms with E-state index in [0.29, 0.717) is 36.5 Å². The van der Waals surface area contributed by atoms with Crippen LogP contribution in [0.1, 0.15) is 43.0 Å². The normalized spacial score (nSPS) is 11.1. The van der Waals surface area contributed by atoms with Gasteiger partial charge in [-0.2, -0.15) is 0 Å². The van der Waals surface area contributed by atoms with Gasteiger partial charge in [-0.25, -0.2) is 9.98 Å². The minimum absolute atomic E-state index is 0. The Hall–Kier alpha value is -1.75. The number of methoxy groups -OCH3 is 2. The number of aromatic hydroxyl groups is 1. The van der Waals surface area contributed by atoms with E-state index >= 15 is 0 Å². The number of aliphatic imine (C=N–C) groups is 1. The van der Waals surface area contributed by atoms with Crippen molar-refractivity contribution in [3.63, 3.8) is 0 Å². The molecule has 156 valence electrons. The summed E-state index contributed by atoms with van der Waals surface area (Å²) in [5, 5.41) is 19.7. The summed E-state index contributed by atoms with van der Waals surface area (Å²) in [5.74, 6) is 1.84. The van der Waals surface area contributed by atoms with Crippen LogP contribution in [0.4, 0.5) is 0 Å². The molecule has 7 nitrogen and oxygen atoms in total. The Labute approximate surface area is 187 Å². The molecule has 1 aromatic carbocycles. The van der Waals surface area contributed by atoms with E-state index in [4.69, 9.17) is 9.47 Å². The zero-order chi connectivity index (χ0) is 19.8. The molecule has 2 aromatic rings. The number of hydrogen-bond acceptors (Lipinski definition) is 6. The van der Waals surface area contributed by atoms with E-state index in [9.17, 15) is 5.11 Å². The van der Waals surface area contributed by atoms with Crippen LogP contribution in [0.3, 0.4) is 0 Å². The van der Waals surface area contributed by atoms with Crippen molar-refractivity contribution in [1.29, 1.82) is 0 Å². The summed E-state index contributed by atoms with van der Waals surface area (Å²) in [6, 6.07) is 3.50. The number of thiazole rings is 1. The summed E-state index contributed by atoms with van der Waals surface area (Å²) in [5.41, 5.74) is 1.98. The SMILES string of the molecule is CCNC(=NCc1cc(OC)c(O)c(OC)c1)NCc1nc(C(C)C)cs1.I. The number of hydrogen-bond donors (Lipinski definition) is 3. The molecule has 0 bridgehead atoms. The second kappa shape index (κ2) is 11.9. The van der Waals surface area contributed by atoms with Crippen molar-refractivity contribution < 1.29 is 14.6 Å². The molecule has 0 atom stereocenters. The number of benzene rings is 1. The van der Waals surface area contributed by atoms with E-state index in [1.165, 1.54) is 14.2 Å². The molecule has 0 amide bonds. The molecule has 3 N–H and O–H groups in total. The number of aromatic nitrogens is 1. The fourth-order valence-corrected chi connectivity index (χ4v) is 3.28. The lowest BCUT2D eigenvalue weighted by Gasteiger charge is -2.12. The van der Waals surface area contributed by atoms with Crippen LogP contribution in [-0.2, 0) is 13.1 Å². The minimum atomic E-state index is -0.0116. The van der Waals surface area contributed by atoms with Crippen LogP contribution in [0.15, 0.2) is 22.5 Å². The Morgan fingerprint density at radius 3 is 2.36 bits per heavy atom. The van der Waals surface area contributed by atoms with Crippen molar-refractivity contribution in [2.45, 2.75) is 39.8 Å². The predicted octanol–water partition coefficient (Wildman–Crippen LogP) is 3.86. The first-order valence-corrected chi connectivity index (χ1v) is 9.76. The van der Waals surface area contributed by atoms with Crippen molar-refractivity contribution in [3.8, 4) is 17.2 Å². The monoisotopic (exact) mass is 520 g/mol. The third kappa shape index (κ3) is 6.69. The molecule has 0 aliphatic heterocycles. The van der Waals surface area contributed by atoms with Gasteiger partial charge in [0.05, 0.1) is 33.0 Å². The Balaban J connectivity index is 0.00000392. The van der Waals surface area contributed by atoms with Crippen molar-refractivity contribution in [2.24, 2.45) is 4.99 Å². The van der Waals surface area contributed by atoms with Crippen LogP contribution in [-0.4, -0.2) is 36.8 Å². The average molecular weight is 520 g/mol. The highest BCUT2D eigenvalue weighted by atomic mass is 127. The molecule has 0 saturated carbocycles. The Morgan fingerprint density at radius 2 is 1.86 bits per heavy atom. The van der Waals surface area contributed by atoms with Gasteiger partial charge in [0.1, 0.15) is 5.01 Å². The molecule has 0 aliphatic carbocycles. The largest absolute Gasteiger partial charge is 0.502 e. The second-order valence-electron chi connectivity index (χ2n) is 6.22. The Morgan fingerprint density at radius 1 is 1.21 bits per heavy atom. The number of phenolic OH excluding ortho intramolecular Hbond substituents is 1. The fraction of sp³-hybridized carbons (Fsp3) is 0.474. The number of phenols is 1. The van der Waals surface area contributed by atoms with Gasteiger partial charge in [-0.1, -0.05) is 13.8 Å². The highest BCUT2D eigenvalue weighted by molar-refractivity contribution is 14.0. The number of guanidine groups is 1. The number of ether oxygens (including phenoxy) is 2. The van der Waals surface area contributed by atoms with E-state index in [2.05, 4.69) is 39.8 Å². The van der Waals surface area contributed by atoms with E-state index in [1.54, 1.807) is 23.5 Å². The maximum Gasteiger partial charge on any atom is 0.200 e. The van der Waals surface area contributed by atoms with Crippen molar-refractivity contribution in [1.82, 2.24) is 15.6 Å². The first-order valence-electron chi connectivity index (χ1n) is 8.88. The van der Waals surface area contributed by atoms with E-state index < -0.39 is 0 Å². The molecule has 28 heavy (non-hydrogen) atoms. The molecule has 2 rings (SSSR count). The highest BCUT2D eigenvalue weighted by Gasteiger charge is 2.11. The first kappa shape index (κ1) is 24.3. The summed E-state index contributed by atoms with van der Waals surface area (Å²) < 4.78 is 10.4. The Bertz CT molecular complexity index is 755. The summed E-state index contributed by atoms with van der Waals surface area (Å²) in [7, 11) is 3.01. The van der Waals surface area contributed by atoms with Crippen molar-refractivity contribution >= 4 is 41.3 Å². The quantitative estimate of drug-likeness (QED) is 0.279. The van der Waals surface area contributed by atoms with E-state index in [-0.39, 0.29) is 29.7 Å². The van der Waals surface area contributed by atoms with Crippen LogP contribution >= 0.6 is 35.3 Å². The van der Waals surface area contributed by atoms with Gasteiger partial charge in [0.25, 0.3) is 0 Å². The molecule has 0 unspecified atom stereocenters. The number of halogens is 1. The molecule has 1 aromatic heterocycles. The molecule has 0 fully saturated rings. The molecular formula is C19H29IN4O3S. The summed E-state index contributed by atoms with van der Waals surface area (Å²) in [4.78, 5) is 9.23. The van der Waals surface area contributed by atoms with Crippen LogP contribution in [0, 0.1) is 0 Å². The highest BCUT2D eigenvalue weighted by Crippen LogP contribution is 2.37. The van der Waals surface area contributed by atoms with Crippen LogP contribution in [0.2, 0.25) is 0 Å². The zero-order valence-corrected chi connectivity index (χ0v) is 20.1. The van der Waals surface area contributed by atoms with Crippen LogP contribution in [0.5, 0.6) is 17.2 Å². The van der Waals surface area contributed by atoms with Gasteiger partial charge in [-0.3, -0.25) is 0 Å². The van der Waals surface area contributed by atoms with E-state index in [0.717, 1.165) is 22.8 Å². The van der Waals surface area contributed by atoms with Crippen molar-refractivity contribution in [3.05, 3.63) is 33.8 Å². The molecule has 0 spiro atoms. The van der Waals surface area contributed by atoms with Crippen LogP contribution < -0.4 is 20.1 Å². The van der Waals surface area contributed by atoms with Gasteiger partial charge in [0.2, 0.25) is 5.75 Å². The molecule has 1 heterocycles. The maximum absolute atomic E-state index is 10.0. The average Bonchev–Trinajstić information content (AvgIpc) is 3.14. The molecule has 9 heteroatoms. The van der Waals surface area contributed by atoms with Gasteiger partial charge in [0.15, 0.2) is 17.5 Å². The summed E-state index contributed by atoms with van der Waals surface area (Å²) in [6.07, 6.45) is 0. The Kier molecular flexibility index (Phi) is 10.4. The third-order valence-corrected chi connectivity index (χ3v) is 4.74. The molecule has 0 aliphatic rings. The number of nitrogens with zero attached hydrogens (tertiary/aromatic N) is 2. The fourth-order valence-electron chi connectivity index (χ4n) is 2.38. The lowest BCUT2D eigenvalue weighted by atomic mass is 10.2. The number of nitrogens with one attached hydrogen (secondary N) is 2.